The maximum Gasteiger partial charge on any atom is 0.144 e. The normalized spacial score (nSPS) is 18.0. The summed E-state index contributed by atoms with van der Waals surface area (Å²) in [7, 11) is 0. The van der Waals surface area contributed by atoms with Gasteiger partial charge in [0.25, 0.3) is 0 Å². The zero-order valence-electron chi connectivity index (χ0n) is 14.9. The van der Waals surface area contributed by atoms with Crippen LogP contribution in [0.1, 0.15) is 0 Å². The van der Waals surface area contributed by atoms with Gasteiger partial charge in [0.05, 0.1) is 38.7 Å². The number of hydrogen-bond acceptors (Lipinski definition) is 7. The van der Waals surface area contributed by atoms with Gasteiger partial charge in [0.15, 0.2) is 0 Å². The van der Waals surface area contributed by atoms with E-state index in [0.29, 0.717) is 6.61 Å². The Morgan fingerprint density at radius 2 is 1.92 bits per heavy atom. The van der Waals surface area contributed by atoms with Crippen molar-refractivity contribution < 1.29 is 14.2 Å². The van der Waals surface area contributed by atoms with Gasteiger partial charge in [0.2, 0.25) is 0 Å². The summed E-state index contributed by atoms with van der Waals surface area (Å²) in [6.45, 7) is 10.7. The first-order chi connectivity index (χ1) is 12.3. The molecular formula is C18H30N4O3. The van der Waals surface area contributed by atoms with Crippen LogP contribution in [-0.2, 0) is 9.47 Å². The van der Waals surface area contributed by atoms with Crippen molar-refractivity contribution in [3.05, 3.63) is 18.2 Å². The first-order valence-corrected chi connectivity index (χ1v) is 9.19. The molecule has 7 nitrogen and oxygen atoms in total. The van der Waals surface area contributed by atoms with Crippen molar-refractivity contribution in [3.63, 3.8) is 0 Å². The Kier molecular flexibility index (Phi) is 7.17. The lowest BCUT2D eigenvalue weighted by atomic mass is 10.2. The Morgan fingerprint density at radius 1 is 1.04 bits per heavy atom. The highest BCUT2D eigenvalue weighted by molar-refractivity contribution is 5.65. The summed E-state index contributed by atoms with van der Waals surface area (Å²) in [5.74, 6) is 0.887. The van der Waals surface area contributed by atoms with Gasteiger partial charge in [-0.1, -0.05) is 0 Å². The fraction of sp³-hybridized carbons (Fsp3) is 0.667. The molecule has 0 amide bonds. The van der Waals surface area contributed by atoms with E-state index in [9.17, 15) is 0 Å². The molecule has 0 atom stereocenters. The SMILES string of the molecule is Nc1ccc2c(c1)OCCN2CCNCCOCCN1CCOCC1. The Bertz CT molecular complexity index is 523. The molecule has 7 heteroatoms. The molecule has 1 fully saturated rings. The molecule has 0 radical (unpaired) electrons. The van der Waals surface area contributed by atoms with Crippen LogP contribution in [0.4, 0.5) is 11.4 Å². The lowest BCUT2D eigenvalue weighted by Gasteiger charge is -2.31. The van der Waals surface area contributed by atoms with E-state index in [1.807, 2.05) is 18.2 Å². The number of rotatable bonds is 9. The molecule has 140 valence electrons. The number of benzene rings is 1. The lowest BCUT2D eigenvalue weighted by molar-refractivity contribution is 0.0208. The highest BCUT2D eigenvalue weighted by atomic mass is 16.5. The summed E-state index contributed by atoms with van der Waals surface area (Å²) >= 11 is 0. The lowest BCUT2D eigenvalue weighted by Crippen LogP contribution is -2.39. The zero-order chi connectivity index (χ0) is 17.3. The number of ether oxygens (including phenoxy) is 3. The molecule has 2 heterocycles. The van der Waals surface area contributed by atoms with Gasteiger partial charge in [0.1, 0.15) is 12.4 Å². The number of nitrogens with zero attached hydrogens (tertiary/aromatic N) is 2. The maximum absolute atomic E-state index is 5.82. The van der Waals surface area contributed by atoms with Gasteiger partial charge in [-0.3, -0.25) is 4.90 Å². The smallest absolute Gasteiger partial charge is 0.144 e. The second-order valence-corrected chi connectivity index (χ2v) is 6.38. The van der Waals surface area contributed by atoms with Crippen LogP contribution >= 0.6 is 0 Å². The van der Waals surface area contributed by atoms with E-state index in [0.717, 1.165) is 89.4 Å². The molecule has 3 rings (SSSR count). The predicted molar refractivity (Wildman–Crippen MR) is 99.5 cm³/mol. The number of fused-ring (bicyclic) bond motifs is 1. The van der Waals surface area contributed by atoms with Crippen molar-refractivity contribution in [2.45, 2.75) is 0 Å². The van der Waals surface area contributed by atoms with Gasteiger partial charge in [-0.15, -0.1) is 0 Å². The molecular weight excluding hydrogens is 320 g/mol. The molecule has 0 spiro atoms. The molecule has 25 heavy (non-hydrogen) atoms. The molecule has 0 unspecified atom stereocenters. The summed E-state index contributed by atoms with van der Waals surface area (Å²) in [5.41, 5.74) is 7.69. The van der Waals surface area contributed by atoms with E-state index in [1.54, 1.807) is 0 Å². The van der Waals surface area contributed by atoms with Crippen molar-refractivity contribution >= 4 is 11.4 Å². The van der Waals surface area contributed by atoms with Gasteiger partial charge >= 0.3 is 0 Å². The van der Waals surface area contributed by atoms with Crippen LogP contribution in [0.2, 0.25) is 0 Å². The number of hydrogen-bond donors (Lipinski definition) is 2. The quantitative estimate of drug-likeness (QED) is 0.493. The minimum atomic E-state index is 0.709. The van der Waals surface area contributed by atoms with Crippen LogP contribution in [0, 0.1) is 0 Å². The standard InChI is InChI=1S/C18H30N4O3/c19-16-1-2-17-18(15-16)25-14-9-22(17)5-3-20-4-10-23-11-6-21-7-12-24-13-8-21/h1-2,15,20H,3-14,19H2. The van der Waals surface area contributed by atoms with Crippen molar-refractivity contribution in [1.82, 2.24) is 10.2 Å². The minimum Gasteiger partial charge on any atom is -0.489 e. The van der Waals surface area contributed by atoms with Crippen LogP contribution in [0.15, 0.2) is 18.2 Å². The molecule has 3 N–H and O–H groups in total. The van der Waals surface area contributed by atoms with Crippen LogP contribution in [0.5, 0.6) is 5.75 Å². The van der Waals surface area contributed by atoms with E-state index in [4.69, 9.17) is 19.9 Å². The van der Waals surface area contributed by atoms with Gasteiger partial charge in [-0.2, -0.15) is 0 Å². The Labute approximate surface area is 150 Å². The Hall–Kier alpha value is -1.54. The van der Waals surface area contributed by atoms with Crippen LogP contribution < -0.4 is 20.7 Å². The second-order valence-electron chi connectivity index (χ2n) is 6.38. The highest BCUT2D eigenvalue weighted by Crippen LogP contribution is 2.32. The third-order valence-electron chi connectivity index (χ3n) is 4.58. The molecule has 1 aromatic carbocycles. The first-order valence-electron chi connectivity index (χ1n) is 9.19. The Morgan fingerprint density at radius 3 is 2.80 bits per heavy atom. The monoisotopic (exact) mass is 350 g/mol. The molecule has 0 saturated carbocycles. The summed E-state index contributed by atoms with van der Waals surface area (Å²) in [5, 5.41) is 3.45. The number of anilines is 2. The van der Waals surface area contributed by atoms with Gasteiger partial charge in [-0.25, -0.2) is 0 Å². The van der Waals surface area contributed by atoms with Crippen molar-refractivity contribution in [2.24, 2.45) is 0 Å². The predicted octanol–water partition coefficient (Wildman–Crippen LogP) is 0.406. The van der Waals surface area contributed by atoms with E-state index in [1.165, 1.54) is 0 Å². The molecule has 0 aromatic heterocycles. The largest absolute Gasteiger partial charge is 0.489 e. The fourth-order valence-electron chi connectivity index (χ4n) is 3.13. The zero-order valence-corrected chi connectivity index (χ0v) is 14.9. The fourth-order valence-corrected chi connectivity index (χ4v) is 3.13. The van der Waals surface area contributed by atoms with Gasteiger partial charge < -0.3 is 30.2 Å². The van der Waals surface area contributed by atoms with E-state index >= 15 is 0 Å². The topological polar surface area (TPSA) is 72.2 Å². The van der Waals surface area contributed by atoms with Crippen LogP contribution in [0.25, 0.3) is 0 Å². The van der Waals surface area contributed by atoms with Crippen LogP contribution in [0.3, 0.4) is 0 Å². The molecule has 2 aliphatic heterocycles. The average molecular weight is 350 g/mol. The van der Waals surface area contributed by atoms with Crippen molar-refractivity contribution in [3.8, 4) is 5.75 Å². The summed E-state index contributed by atoms with van der Waals surface area (Å²) in [6.07, 6.45) is 0. The molecule has 0 aliphatic carbocycles. The number of nitrogen functional groups attached to an aromatic ring is 1. The summed E-state index contributed by atoms with van der Waals surface area (Å²) < 4.78 is 16.7. The second kappa shape index (κ2) is 9.82. The summed E-state index contributed by atoms with van der Waals surface area (Å²) in [4.78, 5) is 4.73. The van der Waals surface area contributed by atoms with E-state index in [2.05, 4.69) is 15.1 Å². The number of nitrogens with one attached hydrogen (secondary N) is 1. The summed E-state index contributed by atoms with van der Waals surface area (Å²) in [6, 6.07) is 5.87. The maximum atomic E-state index is 5.82. The molecule has 1 saturated heterocycles. The highest BCUT2D eigenvalue weighted by Gasteiger charge is 2.17. The molecule has 1 aromatic rings. The average Bonchev–Trinajstić information content (AvgIpc) is 2.64. The van der Waals surface area contributed by atoms with E-state index < -0.39 is 0 Å². The van der Waals surface area contributed by atoms with Crippen molar-refractivity contribution in [1.29, 1.82) is 0 Å². The van der Waals surface area contributed by atoms with Crippen LogP contribution in [-0.4, -0.2) is 83.7 Å². The first kappa shape index (κ1) is 18.3. The van der Waals surface area contributed by atoms with Crippen molar-refractivity contribution in [2.75, 3.05) is 89.5 Å². The van der Waals surface area contributed by atoms with Gasteiger partial charge in [-0.05, 0) is 12.1 Å². The molecule has 2 aliphatic rings. The Balaban J connectivity index is 1.24. The number of morpholine rings is 1. The molecule has 0 bridgehead atoms. The van der Waals surface area contributed by atoms with E-state index in [-0.39, 0.29) is 0 Å². The van der Waals surface area contributed by atoms with Gasteiger partial charge in [0, 0.05) is 51.0 Å². The third kappa shape index (κ3) is 5.74. The third-order valence-corrected chi connectivity index (χ3v) is 4.58. The minimum absolute atomic E-state index is 0.709. The number of nitrogens with two attached hydrogens (primary N) is 1.